The second-order valence-corrected chi connectivity index (χ2v) is 5.88. The van der Waals surface area contributed by atoms with Gasteiger partial charge in [-0.2, -0.15) is 0 Å². The summed E-state index contributed by atoms with van der Waals surface area (Å²) in [5.74, 6) is 0.474. The highest BCUT2D eigenvalue weighted by Gasteiger charge is 2.02. The van der Waals surface area contributed by atoms with Crippen LogP contribution in [0, 0.1) is 0 Å². The second kappa shape index (κ2) is 8.15. The number of nitrogens with zero attached hydrogens (tertiary/aromatic N) is 1. The van der Waals surface area contributed by atoms with Crippen molar-refractivity contribution in [1.82, 2.24) is 9.97 Å². The Balaban J connectivity index is 1.69. The third-order valence-corrected chi connectivity index (χ3v) is 3.79. The minimum atomic E-state index is -0.133. The Morgan fingerprint density at radius 3 is 2.24 bits per heavy atom. The Bertz CT molecular complexity index is 857. The number of aromatic nitrogens is 2. The van der Waals surface area contributed by atoms with E-state index in [1.165, 1.54) is 0 Å². The Kier molecular flexibility index (Phi) is 5.46. The molecule has 1 heterocycles. The molecule has 0 aliphatic rings. The lowest BCUT2D eigenvalue weighted by Crippen LogP contribution is -2.12. The predicted molar refractivity (Wildman–Crippen MR) is 103 cm³/mol. The van der Waals surface area contributed by atoms with Gasteiger partial charge in [-0.15, -0.1) is 0 Å². The molecule has 0 saturated carbocycles. The van der Waals surface area contributed by atoms with Crippen LogP contribution in [0.2, 0.25) is 0 Å². The largest absolute Gasteiger partial charge is 0.356 e. The van der Waals surface area contributed by atoms with Crippen LogP contribution in [0.1, 0.15) is 25.5 Å². The molecule has 0 atom stereocenters. The number of aryl methyl sites for hydroxylation is 1. The number of aromatic amines is 1. The van der Waals surface area contributed by atoms with Crippen molar-refractivity contribution < 1.29 is 0 Å². The molecule has 3 rings (SSSR count). The standard InChI is InChI=1S/C20H22N4O/c1-2-3-7-18-14-19(25)24-20(23-18)22-17-12-10-16(11-13-17)21-15-8-5-4-6-9-15/h4-6,8-14,21H,2-3,7H2,1H3,(H2,22,23,24,25). The maximum Gasteiger partial charge on any atom is 0.252 e. The molecule has 25 heavy (non-hydrogen) atoms. The maximum absolute atomic E-state index is 11.8. The molecule has 0 spiro atoms. The van der Waals surface area contributed by atoms with Crippen molar-refractivity contribution in [2.45, 2.75) is 26.2 Å². The number of nitrogens with one attached hydrogen (secondary N) is 3. The molecule has 0 fully saturated rings. The van der Waals surface area contributed by atoms with E-state index in [2.05, 4.69) is 27.5 Å². The van der Waals surface area contributed by atoms with Crippen molar-refractivity contribution in [3.8, 4) is 0 Å². The van der Waals surface area contributed by atoms with Gasteiger partial charge in [-0.05, 0) is 49.2 Å². The third kappa shape index (κ3) is 4.94. The zero-order valence-corrected chi connectivity index (χ0v) is 14.3. The van der Waals surface area contributed by atoms with Gasteiger partial charge in [0, 0.05) is 28.8 Å². The van der Waals surface area contributed by atoms with Crippen molar-refractivity contribution in [3.63, 3.8) is 0 Å². The van der Waals surface area contributed by atoms with Gasteiger partial charge in [0.15, 0.2) is 0 Å². The first-order valence-electron chi connectivity index (χ1n) is 8.52. The average Bonchev–Trinajstić information content (AvgIpc) is 2.62. The van der Waals surface area contributed by atoms with Gasteiger partial charge in [-0.1, -0.05) is 31.5 Å². The van der Waals surface area contributed by atoms with Gasteiger partial charge < -0.3 is 10.6 Å². The molecule has 0 aliphatic heterocycles. The van der Waals surface area contributed by atoms with Crippen molar-refractivity contribution in [1.29, 1.82) is 0 Å². The van der Waals surface area contributed by atoms with E-state index in [9.17, 15) is 4.79 Å². The Morgan fingerprint density at radius 2 is 1.56 bits per heavy atom. The van der Waals surface area contributed by atoms with E-state index in [-0.39, 0.29) is 5.56 Å². The van der Waals surface area contributed by atoms with Crippen molar-refractivity contribution in [2.75, 3.05) is 10.6 Å². The lowest BCUT2D eigenvalue weighted by Gasteiger charge is -2.09. The first-order chi connectivity index (χ1) is 12.2. The van der Waals surface area contributed by atoms with Gasteiger partial charge in [-0.3, -0.25) is 9.78 Å². The summed E-state index contributed by atoms with van der Waals surface area (Å²) in [5, 5.41) is 6.49. The van der Waals surface area contributed by atoms with E-state index in [1.807, 2.05) is 54.6 Å². The summed E-state index contributed by atoms with van der Waals surface area (Å²) in [6.45, 7) is 2.12. The normalized spacial score (nSPS) is 10.4. The van der Waals surface area contributed by atoms with Crippen molar-refractivity contribution in [3.05, 3.63) is 76.7 Å². The van der Waals surface area contributed by atoms with Crippen molar-refractivity contribution in [2.24, 2.45) is 0 Å². The molecule has 1 aromatic heterocycles. The quantitative estimate of drug-likeness (QED) is 0.590. The van der Waals surface area contributed by atoms with Crippen LogP contribution in [0.3, 0.4) is 0 Å². The second-order valence-electron chi connectivity index (χ2n) is 5.88. The number of anilines is 4. The number of unbranched alkanes of at least 4 members (excludes halogenated alkanes) is 1. The Morgan fingerprint density at radius 1 is 0.920 bits per heavy atom. The molecule has 3 aromatic rings. The number of benzene rings is 2. The van der Waals surface area contributed by atoms with Gasteiger partial charge >= 0.3 is 0 Å². The highest BCUT2D eigenvalue weighted by atomic mass is 16.1. The molecule has 0 saturated heterocycles. The van der Waals surface area contributed by atoms with Gasteiger partial charge in [-0.25, -0.2) is 4.98 Å². The fourth-order valence-electron chi connectivity index (χ4n) is 2.51. The van der Waals surface area contributed by atoms with Gasteiger partial charge in [0.25, 0.3) is 5.56 Å². The maximum atomic E-state index is 11.8. The van der Waals surface area contributed by atoms with E-state index in [0.717, 1.165) is 42.0 Å². The zero-order valence-electron chi connectivity index (χ0n) is 14.3. The van der Waals surface area contributed by atoms with Crippen LogP contribution < -0.4 is 16.2 Å². The number of hydrogen-bond acceptors (Lipinski definition) is 4. The molecule has 5 heteroatoms. The van der Waals surface area contributed by atoms with Crippen LogP contribution >= 0.6 is 0 Å². The molecular weight excluding hydrogens is 312 g/mol. The lowest BCUT2D eigenvalue weighted by atomic mass is 10.2. The van der Waals surface area contributed by atoms with Crippen LogP contribution in [0.5, 0.6) is 0 Å². The smallest absolute Gasteiger partial charge is 0.252 e. The Labute approximate surface area is 147 Å². The van der Waals surface area contributed by atoms with Crippen LogP contribution in [0.15, 0.2) is 65.5 Å². The lowest BCUT2D eigenvalue weighted by molar-refractivity contribution is 0.772. The summed E-state index contributed by atoms with van der Waals surface area (Å²) in [6, 6.07) is 19.4. The molecular formula is C20H22N4O. The fraction of sp³-hybridized carbons (Fsp3) is 0.200. The molecule has 2 aromatic carbocycles. The van der Waals surface area contributed by atoms with Crippen LogP contribution in [-0.2, 0) is 6.42 Å². The number of rotatable bonds is 7. The molecule has 0 radical (unpaired) electrons. The third-order valence-electron chi connectivity index (χ3n) is 3.79. The first-order valence-corrected chi connectivity index (χ1v) is 8.52. The molecule has 0 bridgehead atoms. The molecule has 128 valence electrons. The highest BCUT2D eigenvalue weighted by Crippen LogP contribution is 2.20. The summed E-state index contributed by atoms with van der Waals surface area (Å²) in [7, 11) is 0. The summed E-state index contributed by atoms with van der Waals surface area (Å²) >= 11 is 0. The predicted octanol–water partition coefficient (Wildman–Crippen LogP) is 4.60. The van der Waals surface area contributed by atoms with Gasteiger partial charge in [0.1, 0.15) is 0 Å². The van der Waals surface area contributed by atoms with Crippen LogP contribution in [-0.4, -0.2) is 9.97 Å². The van der Waals surface area contributed by atoms with E-state index in [1.54, 1.807) is 6.07 Å². The monoisotopic (exact) mass is 334 g/mol. The van der Waals surface area contributed by atoms with E-state index >= 15 is 0 Å². The van der Waals surface area contributed by atoms with E-state index < -0.39 is 0 Å². The minimum Gasteiger partial charge on any atom is -0.356 e. The summed E-state index contributed by atoms with van der Waals surface area (Å²) < 4.78 is 0. The molecule has 0 aliphatic carbocycles. The van der Waals surface area contributed by atoms with Crippen LogP contribution in [0.25, 0.3) is 0 Å². The number of para-hydroxylation sites is 1. The topological polar surface area (TPSA) is 69.8 Å². The SMILES string of the molecule is CCCCc1cc(=O)[nH]c(Nc2ccc(Nc3ccccc3)cc2)n1. The number of hydrogen-bond donors (Lipinski definition) is 3. The van der Waals surface area contributed by atoms with E-state index in [4.69, 9.17) is 0 Å². The zero-order chi connectivity index (χ0) is 17.5. The van der Waals surface area contributed by atoms with E-state index in [0.29, 0.717) is 5.95 Å². The summed E-state index contributed by atoms with van der Waals surface area (Å²) in [5.41, 5.74) is 3.59. The first kappa shape index (κ1) is 16.8. The molecule has 3 N–H and O–H groups in total. The fourth-order valence-corrected chi connectivity index (χ4v) is 2.51. The minimum absolute atomic E-state index is 0.133. The van der Waals surface area contributed by atoms with Gasteiger partial charge in [0.2, 0.25) is 5.95 Å². The van der Waals surface area contributed by atoms with Crippen molar-refractivity contribution >= 4 is 23.0 Å². The molecule has 5 nitrogen and oxygen atoms in total. The average molecular weight is 334 g/mol. The molecule has 0 amide bonds. The van der Waals surface area contributed by atoms with Crippen LogP contribution in [0.4, 0.5) is 23.0 Å². The highest BCUT2D eigenvalue weighted by molar-refractivity contribution is 5.64. The Hall–Kier alpha value is -3.08. The summed E-state index contributed by atoms with van der Waals surface area (Å²) in [4.78, 5) is 19.0. The molecule has 0 unspecified atom stereocenters. The summed E-state index contributed by atoms with van der Waals surface area (Å²) in [6.07, 6.45) is 2.91. The van der Waals surface area contributed by atoms with Gasteiger partial charge in [0.05, 0.1) is 0 Å². The number of H-pyrrole nitrogens is 1.